The standard InChI is InChI=1S/CH3N.CH4.H2S/c1-2;;/h2H,1H2;1H4;1H2. The van der Waals surface area contributed by atoms with Gasteiger partial charge in [0.05, 0.1) is 0 Å². The molecule has 28 valence electrons. The zero-order valence-corrected chi connectivity index (χ0v) is 2.71. The number of nitrogens with one attached hydrogen (secondary N) is 1. The van der Waals surface area contributed by atoms with Crippen LogP contribution in [0.5, 0.6) is 0 Å². The van der Waals surface area contributed by atoms with Gasteiger partial charge < -0.3 is 5.41 Å². The zero-order chi connectivity index (χ0) is 2.00. The Bertz CT molecular complexity index is 6.00. The molecule has 0 amide bonds. The third kappa shape index (κ3) is 5250. The van der Waals surface area contributed by atoms with Gasteiger partial charge in [-0.15, -0.1) is 0 Å². The SMILES string of the molecule is C.C=N.S. The lowest BCUT2D eigenvalue weighted by Crippen LogP contribution is -0.827. The van der Waals surface area contributed by atoms with Crippen LogP contribution in [0.25, 0.3) is 0 Å². The summed E-state index contributed by atoms with van der Waals surface area (Å²) < 4.78 is 0. The molecule has 0 radical (unpaired) electrons. The minimum absolute atomic E-state index is 0. The summed E-state index contributed by atoms with van der Waals surface area (Å²) in [6.07, 6.45) is 0. The molecule has 0 spiro atoms. The fourth-order valence-corrected chi connectivity index (χ4v) is 0. The Morgan fingerprint density at radius 2 is 1.25 bits per heavy atom. The molecule has 0 aliphatic carbocycles. The summed E-state index contributed by atoms with van der Waals surface area (Å²) in [6.45, 7) is 2.50. The molecule has 0 saturated carbocycles. The summed E-state index contributed by atoms with van der Waals surface area (Å²) in [5.41, 5.74) is 0. The van der Waals surface area contributed by atoms with E-state index in [2.05, 4.69) is 6.72 Å². The molecule has 0 unspecified atom stereocenters. The maximum absolute atomic E-state index is 5.50. The van der Waals surface area contributed by atoms with Crippen LogP contribution < -0.4 is 0 Å². The summed E-state index contributed by atoms with van der Waals surface area (Å²) >= 11 is 0. The second-order valence-corrected chi connectivity index (χ2v) is 0. The lowest BCUT2D eigenvalue weighted by Gasteiger charge is -0.890. The van der Waals surface area contributed by atoms with E-state index < -0.39 is 0 Å². The molecule has 1 nitrogen and oxygen atoms in total. The quantitative estimate of drug-likeness (QED) is 0.419. The second-order valence-electron chi connectivity index (χ2n) is 0. The average molecular weight is 79.2 g/mol. The van der Waals surface area contributed by atoms with E-state index in [0.717, 1.165) is 0 Å². The Balaban J connectivity index is -0.00000000500. The van der Waals surface area contributed by atoms with Crippen molar-refractivity contribution in [3.05, 3.63) is 0 Å². The van der Waals surface area contributed by atoms with Crippen molar-refractivity contribution in [2.45, 2.75) is 7.43 Å². The van der Waals surface area contributed by atoms with Crippen LogP contribution in [-0.2, 0) is 0 Å². The van der Waals surface area contributed by atoms with Crippen LogP contribution in [0.15, 0.2) is 0 Å². The van der Waals surface area contributed by atoms with Crippen molar-refractivity contribution in [2.24, 2.45) is 0 Å². The predicted octanol–water partition coefficient (Wildman–Crippen LogP) is 1.01. The van der Waals surface area contributed by atoms with Gasteiger partial charge in [0.2, 0.25) is 0 Å². The first-order chi connectivity index (χ1) is 1.00. The highest BCUT2D eigenvalue weighted by Crippen LogP contribution is 0.648. The smallest absolute Gasteiger partial charge is 0.0187 e. The highest BCUT2D eigenvalue weighted by atomic mass is 32.1. The molecule has 0 aliphatic heterocycles. The van der Waals surface area contributed by atoms with Gasteiger partial charge in [0.1, 0.15) is 0 Å². The second kappa shape index (κ2) is 30800. The van der Waals surface area contributed by atoms with Gasteiger partial charge in [-0.3, -0.25) is 0 Å². The molecule has 1 N–H and O–H groups in total. The van der Waals surface area contributed by atoms with E-state index in [-0.39, 0.29) is 20.9 Å². The first-order valence-corrected chi connectivity index (χ1v) is 0.354. The van der Waals surface area contributed by atoms with Gasteiger partial charge in [0.25, 0.3) is 0 Å². The van der Waals surface area contributed by atoms with Crippen LogP contribution in [0, 0.1) is 5.41 Å². The summed E-state index contributed by atoms with van der Waals surface area (Å²) in [6, 6.07) is 0. The van der Waals surface area contributed by atoms with Gasteiger partial charge in [-0.25, -0.2) is 0 Å². The van der Waals surface area contributed by atoms with Gasteiger partial charge in [-0.05, 0) is 6.72 Å². The Kier molecular flexibility index (Phi) is 271000. The molecule has 0 aromatic carbocycles. The van der Waals surface area contributed by atoms with Gasteiger partial charge in [-0.1, -0.05) is 7.43 Å². The Morgan fingerprint density at radius 3 is 1.25 bits per heavy atom. The highest BCUT2D eigenvalue weighted by Gasteiger charge is 0.555. The van der Waals surface area contributed by atoms with Crippen molar-refractivity contribution in [1.29, 1.82) is 5.41 Å². The molecule has 0 atom stereocenters. The maximum Gasteiger partial charge on any atom is -0.0187 e. The maximum atomic E-state index is 5.50. The third-order valence-corrected chi connectivity index (χ3v) is 0. The zero-order valence-electron chi connectivity index (χ0n) is 1.71. The van der Waals surface area contributed by atoms with E-state index in [9.17, 15) is 0 Å². The van der Waals surface area contributed by atoms with Crippen molar-refractivity contribution >= 4 is 20.2 Å². The first kappa shape index (κ1) is 35.2. The van der Waals surface area contributed by atoms with Gasteiger partial charge in [0.15, 0.2) is 0 Å². The van der Waals surface area contributed by atoms with Crippen LogP contribution in [0.1, 0.15) is 7.43 Å². The number of hydrogen-bond donors (Lipinski definition) is 1. The third-order valence-electron chi connectivity index (χ3n) is 0. The molecule has 0 heterocycles. The molecule has 2 heteroatoms. The van der Waals surface area contributed by atoms with Crippen molar-refractivity contribution in [2.75, 3.05) is 0 Å². The van der Waals surface area contributed by atoms with Crippen LogP contribution in [0.4, 0.5) is 0 Å². The predicted molar refractivity (Wildman–Crippen MR) is 27.0 cm³/mol. The molecule has 0 aliphatic rings. The van der Waals surface area contributed by atoms with Crippen LogP contribution in [0.3, 0.4) is 0 Å². The van der Waals surface area contributed by atoms with Crippen molar-refractivity contribution < 1.29 is 0 Å². The molecule has 0 rings (SSSR count). The van der Waals surface area contributed by atoms with Crippen LogP contribution in [0.2, 0.25) is 0 Å². The average Bonchev–Trinajstić information content (AvgIpc) is 1.00. The summed E-state index contributed by atoms with van der Waals surface area (Å²) in [7, 11) is 0. The van der Waals surface area contributed by atoms with Crippen LogP contribution in [-0.4, -0.2) is 6.72 Å². The molecule has 0 fully saturated rings. The molecule has 0 aromatic rings. The monoisotopic (exact) mass is 79.0 g/mol. The lowest BCUT2D eigenvalue weighted by molar-refractivity contribution is 1.61. The molecule has 0 bridgehead atoms. The molecular formula is C2H9NS. The molecular weight excluding hydrogens is 70.1 g/mol. The minimum Gasteiger partial charge on any atom is -0.317 e. The fourth-order valence-electron chi connectivity index (χ4n) is 0. The molecule has 0 aromatic heterocycles. The largest absolute Gasteiger partial charge is 0.317 e. The van der Waals surface area contributed by atoms with Crippen molar-refractivity contribution in [1.82, 2.24) is 0 Å². The van der Waals surface area contributed by atoms with E-state index in [1.54, 1.807) is 0 Å². The van der Waals surface area contributed by atoms with E-state index >= 15 is 0 Å². The van der Waals surface area contributed by atoms with Crippen LogP contribution >= 0.6 is 13.5 Å². The summed E-state index contributed by atoms with van der Waals surface area (Å²) in [5, 5.41) is 5.50. The Labute approximate surface area is 34.0 Å². The van der Waals surface area contributed by atoms with E-state index in [1.807, 2.05) is 0 Å². The first-order valence-electron chi connectivity index (χ1n) is 0.354. The van der Waals surface area contributed by atoms with Crippen molar-refractivity contribution in [3.8, 4) is 0 Å². The number of rotatable bonds is 0. The fraction of sp³-hybridized carbons (Fsp3) is 0.500. The lowest BCUT2D eigenvalue weighted by atomic mass is 11.8. The normalized spacial score (nSPS) is 1.00. The summed E-state index contributed by atoms with van der Waals surface area (Å²) in [5.74, 6) is 0. The topological polar surface area (TPSA) is 23.9 Å². The Hall–Kier alpha value is 0.0200. The van der Waals surface area contributed by atoms with Gasteiger partial charge in [0, 0.05) is 0 Å². The summed E-state index contributed by atoms with van der Waals surface area (Å²) in [4.78, 5) is 0. The number of hydrogen-bond acceptors (Lipinski definition) is 1. The minimum atomic E-state index is 0. The van der Waals surface area contributed by atoms with E-state index in [0.29, 0.717) is 0 Å². The molecule has 4 heavy (non-hydrogen) atoms. The van der Waals surface area contributed by atoms with E-state index in [1.165, 1.54) is 0 Å². The molecule has 0 saturated heterocycles. The van der Waals surface area contributed by atoms with Gasteiger partial charge >= 0.3 is 0 Å². The van der Waals surface area contributed by atoms with Crippen molar-refractivity contribution in [3.63, 3.8) is 0 Å². The van der Waals surface area contributed by atoms with Gasteiger partial charge in [-0.2, -0.15) is 13.5 Å². The Morgan fingerprint density at radius 1 is 1.25 bits per heavy atom. The highest BCUT2D eigenvalue weighted by molar-refractivity contribution is 7.59. The van der Waals surface area contributed by atoms with E-state index in [4.69, 9.17) is 5.41 Å².